The van der Waals surface area contributed by atoms with E-state index in [1.165, 1.54) is 32.1 Å². The van der Waals surface area contributed by atoms with E-state index in [1.807, 2.05) is 13.8 Å². The van der Waals surface area contributed by atoms with Crippen molar-refractivity contribution in [2.24, 2.45) is 5.92 Å². The van der Waals surface area contributed by atoms with Crippen LogP contribution in [0.3, 0.4) is 0 Å². The highest BCUT2D eigenvalue weighted by atomic mass is 16.6. The average Bonchev–Trinajstić information content (AvgIpc) is 2.26. The highest BCUT2D eigenvalue weighted by Gasteiger charge is 2.11. The van der Waals surface area contributed by atoms with Crippen molar-refractivity contribution in [1.82, 2.24) is 0 Å². The number of carbonyl (C=O) groups excluding carboxylic acids is 2. The Morgan fingerprint density at radius 3 is 2.00 bits per heavy atom. The van der Waals surface area contributed by atoms with Crippen molar-refractivity contribution in [3.8, 4) is 0 Å². The van der Waals surface area contributed by atoms with Crippen molar-refractivity contribution >= 4 is 11.9 Å². The molecule has 106 valence electrons. The summed E-state index contributed by atoms with van der Waals surface area (Å²) < 4.78 is 4.73. The Balaban J connectivity index is 3.39. The van der Waals surface area contributed by atoms with Crippen LogP contribution in [-0.4, -0.2) is 11.9 Å². The van der Waals surface area contributed by atoms with Crippen LogP contribution in [0, 0.1) is 5.92 Å². The lowest BCUT2D eigenvalue weighted by molar-refractivity contribution is -0.160. The first-order chi connectivity index (χ1) is 8.56. The summed E-state index contributed by atoms with van der Waals surface area (Å²) in [4.78, 5) is 22.6. The molecule has 3 heteroatoms. The third kappa shape index (κ3) is 11.6. The second-order valence-corrected chi connectivity index (χ2v) is 5.32. The molecular formula is C15H28O3. The van der Waals surface area contributed by atoms with Crippen LogP contribution in [0.1, 0.15) is 78.6 Å². The zero-order valence-electron chi connectivity index (χ0n) is 12.2. The van der Waals surface area contributed by atoms with Gasteiger partial charge in [-0.05, 0) is 12.3 Å². The SMILES string of the molecule is CCCCCCCCCC(=O)OC(=O)CC(C)C. The van der Waals surface area contributed by atoms with Gasteiger partial charge in [-0.25, -0.2) is 0 Å². The fourth-order valence-electron chi connectivity index (χ4n) is 1.78. The van der Waals surface area contributed by atoms with Crippen LogP contribution < -0.4 is 0 Å². The van der Waals surface area contributed by atoms with Gasteiger partial charge < -0.3 is 4.74 Å². The standard InChI is InChI=1S/C15H28O3/c1-4-5-6-7-8-9-10-11-14(16)18-15(17)12-13(2)3/h13H,4-12H2,1-3H3. The molecule has 3 nitrogen and oxygen atoms in total. The Morgan fingerprint density at radius 1 is 0.889 bits per heavy atom. The molecule has 0 amide bonds. The highest BCUT2D eigenvalue weighted by molar-refractivity contribution is 5.85. The Labute approximate surface area is 111 Å². The molecule has 0 aliphatic carbocycles. The molecule has 0 aromatic heterocycles. The molecule has 0 rings (SSSR count). The number of ether oxygens (including phenoxy) is 1. The first-order valence-electron chi connectivity index (χ1n) is 7.29. The summed E-state index contributed by atoms with van der Waals surface area (Å²) in [7, 11) is 0. The molecule has 0 N–H and O–H groups in total. The van der Waals surface area contributed by atoms with Gasteiger partial charge in [-0.3, -0.25) is 9.59 Å². The summed E-state index contributed by atoms with van der Waals surface area (Å²) in [5, 5.41) is 0. The summed E-state index contributed by atoms with van der Waals surface area (Å²) >= 11 is 0. The Bertz CT molecular complexity index is 234. The van der Waals surface area contributed by atoms with Crippen LogP contribution in [0.15, 0.2) is 0 Å². The molecule has 0 heterocycles. The minimum absolute atomic E-state index is 0.240. The van der Waals surface area contributed by atoms with Crippen molar-refractivity contribution in [3.05, 3.63) is 0 Å². The van der Waals surface area contributed by atoms with Crippen LogP contribution in [0.5, 0.6) is 0 Å². The average molecular weight is 256 g/mol. The molecule has 0 fully saturated rings. The van der Waals surface area contributed by atoms with E-state index in [0.717, 1.165) is 12.8 Å². The van der Waals surface area contributed by atoms with Gasteiger partial charge in [0.2, 0.25) is 0 Å². The molecule has 0 saturated heterocycles. The number of esters is 2. The number of hydrogen-bond donors (Lipinski definition) is 0. The minimum Gasteiger partial charge on any atom is -0.393 e. The van der Waals surface area contributed by atoms with E-state index >= 15 is 0 Å². The van der Waals surface area contributed by atoms with E-state index in [1.54, 1.807) is 0 Å². The number of rotatable bonds is 10. The van der Waals surface area contributed by atoms with E-state index in [2.05, 4.69) is 6.92 Å². The van der Waals surface area contributed by atoms with Crippen molar-refractivity contribution in [2.45, 2.75) is 78.6 Å². The Hall–Kier alpha value is -0.860. The summed E-state index contributed by atoms with van der Waals surface area (Å²) in [5.41, 5.74) is 0. The largest absolute Gasteiger partial charge is 0.393 e. The van der Waals surface area contributed by atoms with Gasteiger partial charge in [-0.2, -0.15) is 0 Å². The van der Waals surface area contributed by atoms with Crippen molar-refractivity contribution < 1.29 is 14.3 Å². The molecule has 0 bridgehead atoms. The van der Waals surface area contributed by atoms with E-state index in [0.29, 0.717) is 12.8 Å². The second kappa shape index (κ2) is 11.2. The number of carbonyl (C=O) groups is 2. The first-order valence-corrected chi connectivity index (χ1v) is 7.29. The predicted molar refractivity (Wildman–Crippen MR) is 73.2 cm³/mol. The van der Waals surface area contributed by atoms with Gasteiger partial charge in [0, 0.05) is 12.8 Å². The lowest BCUT2D eigenvalue weighted by Gasteiger charge is -2.05. The van der Waals surface area contributed by atoms with Crippen molar-refractivity contribution in [3.63, 3.8) is 0 Å². The maximum absolute atomic E-state index is 11.3. The molecule has 0 aromatic rings. The van der Waals surface area contributed by atoms with Crippen molar-refractivity contribution in [1.29, 1.82) is 0 Å². The molecule has 0 atom stereocenters. The maximum Gasteiger partial charge on any atom is 0.313 e. The van der Waals surface area contributed by atoms with Gasteiger partial charge in [-0.1, -0.05) is 59.3 Å². The second-order valence-electron chi connectivity index (χ2n) is 5.32. The molecular weight excluding hydrogens is 228 g/mol. The minimum atomic E-state index is -0.391. The van der Waals surface area contributed by atoms with Crippen molar-refractivity contribution in [2.75, 3.05) is 0 Å². The number of unbranched alkanes of at least 4 members (excludes halogenated alkanes) is 6. The molecule has 0 spiro atoms. The van der Waals surface area contributed by atoms with E-state index in [4.69, 9.17) is 4.74 Å². The fraction of sp³-hybridized carbons (Fsp3) is 0.867. The molecule has 0 aliphatic rings. The fourth-order valence-corrected chi connectivity index (χ4v) is 1.78. The highest BCUT2D eigenvalue weighted by Crippen LogP contribution is 2.09. The van der Waals surface area contributed by atoms with E-state index in [-0.39, 0.29) is 11.9 Å². The normalized spacial score (nSPS) is 10.7. The lowest BCUT2D eigenvalue weighted by atomic mass is 10.1. The predicted octanol–water partition coefficient (Wildman–Crippen LogP) is 4.24. The molecule has 18 heavy (non-hydrogen) atoms. The Kier molecular flexibility index (Phi) is 10.7. The van der Waals surface area contributed by atoms with Gasteiger partial charge in [0.1, 0.15) is 0 Å². The third-order valence-electron chi connectivity index (χ3n) is 2.79. The van der Waals surface area contributed by atoms with Gasteiger partial charge in [0.15, 0.2) is 0 Å². The molecule has 0 saturated carbocycles. The zero-order valence-corrected chi connectivity index (χ0v) is 12.2. The van der Waals surface area contributed by atoms with Crippen LogP contribution in [0.4, 0.5) is 0 Å². The Morgan fingerprint density at radius 2 is 1.44 bits per heavy atom. The van der Waals surface area contributed by atoms with Crippen LogP contribution in [0.2, 0.25) is 0 Å². The summed E-state index contributed by atoms with van der Waals surface area (Å²) in [5.74, 6) is -0.518. The molecule has 0 aromatic carbocycles. The number of hydrogen-bond acceptors (Lipinski definition) is 3. The molecule has 0 radical (unpaired) electrons. The summed E-state index contributed by atoms with van der Waals surface area (Å²) in [6.07, 6.45) is 8.84. The van der Waals surface area contributed by atoms with Gasteiger partial charge in [0.05, 0.1) is 0 Å². The molecule has 0 aliphatic heterocycles. The third-order valence-corrected chi connectivity index (χ3v) is 2.79. The van der Waals surface area contributed by atoms with Gasteiger partial charge >= 0.3 is 11.9 Å². The van der Waals surface area contributed by atoms with Crippen LogP contribution >= 0.6 is 0 Å². The zero-order chi connectivity index (χ0) is 13.8. The van der Waals surface area contributed by atoms with E-state index in [9.17, 15) is 9.59 Å². The quantitative estimate of drug-likeness (QED) is 0.333. The van der Waals surface area contributed by atoms with Gasteiger partial charge in [0.25, 0.3) is 0 Å². The first kappa shape index (κ1) is 17.1. The van der Waals surface area contributed by atoms with Crippen LogP contribution in [-0.2, 0) is 14.3 Å². The van der Waals surface area contributed by atoms with E-state index < -0.39 is 5.97 Å². The monoisotopic (exact) mass is 256 g/mol. The summed E-state index contributed by atoms with van der Waals surface area (Å²) in [6, 6.07) is 0. The smallest absolute Gasteiger partial charge is 0.313 e. The topological polar surface area (TPSA) is 43.4 Å². The molecule has 0 unspecified atom stereocenters. The van der Waals surface area contributed by atoms with Crippen LogP contribution in [0.25, 0.3) is 0 Å². The van der Waals surface area contributed by atoms with Gasteiger partial charge in [-0.15, -0.1) is 0 Å². The maximum atomic E-state index is 11.3. The summed E-state index contributed by atoms with van der Waals surface area (Å²) in [6.45, 7) is 6.06. The lowest BCUT2D eigenvalue weighted by Crippen LogP contribution is -2.13.